The van der Waals surface area contributed by atoms with Gasteiger partial charge in [0.15, 0.2) is 0 Å². The largest absolute Gasteiger partial charge is 0.494 e. The number of rotatable bonds is 16. The number of hydrogen-bond donors (Lipinski definition) is 2. The van der Waals surface area contributed by atoms with Crippen LogP contribution in [0.15, 0.2) is 48.5 Å². The Bertz CT molecular complexity index is 750. The number of nitrogens with one attached hydrogen (secondary N) is 2. The first-order valence-corrected chi connectivity index (χ1v) is 12.2. The normalized spacial score (nSPS) is 10.5. The van der Waals surface area contributed by atoms with Crippen molar-refractivity contribution in [2.24, 2.45) is 0 Å². The van der Waals surface area contributed by atoms with Crippen LogP contribution in [-0.4, -0.2) is 25.0 Å². The van der Waals surface area contributed by atoms with Crippen LogP contribution in [0.2, 0.25) is 0 Å². The van der Waals surface area contributed by atoms with Crippen molar-refractivity contribution in [1.29, 1.82) is 0 Å². The molecule has 2 aromatic rings. The molecule has 0 aliphatic carbocycles. The monoisotopic (exact) mass is 454 g/mol. The molecule has 0 spiro atoms. The summed E-state index contributed by atoms with van der Waals surface area (Å²) in [5, 5.41) is 5.85. The van der Waals surface area contributed by atoms with E-state index in [1.54, 1.807) is 0 Å². The van der Waals surface area contributed by atoms with Gasteiger partial charge < -0.3 is 20.1 Å². The van der Waals surface area contributed by atoms with Crippen molar-refractivity contribution in [2.75, 3.05) is 23.8 Å². The summed E-state index contributed by atoms with van der Waals surface area (Å²) in [6.45, 7) is 5.52. The van der Waals surface area contributed by atoms with Crippen LogP contribution in [0, 0.1) is 0 Å². The van der Waals surface area contributed by atoms with Gasteiger partial charge in [-0.15, -0.1) is 0 Å². The van der Waals surface area contributed by atoms with Crippen molar-refractivity contribution in [1.82, 2.24) is 0 Å². The average Bonchev–Trinajstić information content (AvgIpc) is 2.82. The third-order valence-corrected chi connectivity index (χ3v) is 5.03. The molecule has 0 radical (unpaired) electrons. The van der Waals surface area contributed by atoms with E-state index >= 15 is 0 Å². The van der Waals surface area contributed by atoms with Crippen molar-refractivity contribution < 1.29 is 19.1 Å². The van der Waals surface area contributed by atoms with Gasteiger partial charge in [-0.25, -0.2) is 0 Å². The fourth-order valence-electron chi connectivity index (χ4n) is 3.26. The molecule has 0 unspecified atom stereocenters. The molecule has 0 heterocycles. The van der Waals surface area contributed by atoms with Crippen LogP contribution in [-0.2, 0) is 9.59 Å². The van der Waals surface area contributed by atoms with Crippen LogP contribution in [0.4, 0.5) is 11.4 Å². The highest BCUT2D eigenvalue weighted by atomic mass is 16.5. The van der Waals surface area contributed by atoms with Gasteiger partial charge in [0.25, 0.3) is 0 Å². The Morgan fingerprint density at radius 1 is 0.606 bits per heavy atom. The highest BCUT2D eigenvalue weighted by Gasteiger charge is 2.05. The topological polar surface area (TPSA) is 76.7 Å². The summed E-state index contributed by atoms with van der Waals surface area (Å²) in [6, 6.07) is 14.9. The fraction of sp³-hybridized carbons (Fsp3) is 0.481. The summed E-state index contributed by atoms with van der Waals surface area (Å²) >= 11 is 0. The lowest BCUT2D eigenvalue weighted by molar-refractivity contribution is -0.117. The predicted octanol–water partition coefficient (Wildman–Crippen LogP) is 6.57. The van der Waals surface area contributed by atoms with Crippen LogP contribution in [0.5, 0.6) is 11.5 Å². The van der Waals surface area contributed by atoms with E-state index in [4.69, 9.17) is 9.47 Å². The second kappa shape index (κ2) is 15.7. The smallest absolute Gasteiger partial charge is 0.224 e. The first-order valence-electron chi connectivity index (χ1n) is 12.2. The number of anilines is 2. The maximum Gasteiger partial charge on any atom is 0.224 e. The summed E-state index contributed by atoms with van der Waals surface area (Å²) in [5.41, 5.74) is 1.58. The number of amides is 2. The van der Waals surface area contributed by atoms with Crippen LogP contribution in [0.3, 0.4) is 0 Å². The first-order chi connectivity index (χ1) is 16.1. The molecule has 0 bridgehead atoms. The molecule has 0 saturated heterocycles. The van der Waals surface area contributed by atoms with Crippen molar-refractivity contribution in [3.8, 4) is 11.5 Å². The Morgan fingerprint density at radius 2 is 0.970 bits per heavy atom. The van der Waals surface area contributed by atoms with Gasteiger partial charge in [0.2, 0.25) is 11.8 Å². The predicted molar refractivity (Wildman–Crippen MR) is 134 cm³/mol. The molecular weight excluding hydrogens is 416 g/mol. The van der Waals surface area contributed by atoms with Crippen LogP contribution in [0.25, 0.3) is 0 Å². The van der Waals surface area contributed by atoms with E-state index in [-0.39, 0.29) is 11.8 Å². The van der Waals surface area contributed by atoms with E-state index in [0.29, 0.717) is 26.1 Å². The van der Waals surface area contributed by atoms with Gasteiger partial charge in [0.05, 0.1) is 13.2 Å². The molecule has 2 aromatic carbocycles. The van der Waals surface area contributed by atoms with Gasteiger partial charge in [-0.3, -0.25) is 9.59 Å². The Balaban J connectivity index is 1.50. The number of ether oxygens (including phenoxy) is 2. The second-order valence-electron chi connectivity index (χ2n) is 8.11. The van der Waals surface area contributed by atoms with E-state index in [1.165, 1.54) is 0 Å². The highest BCUT2D eigenvalue weighted by Crippen LogP contribution is 2.18. The molecule has 180 valence electrons. The fourth-order valence-corrected chi connectivity index (χ4v) is 3.26. The number of hydrogen-bond acceptors (Lipinski definition) is 4. The zero-order valence-electron chi connectivity index (χ0n) is 20.0. The minimum Gasteiger partial charge on any atom is -0.494 e. The van der Waals surface area contributed by atoms with Gasteiger partial charge in [-0.05, 0) is 74.2 Å². The Morgan fingerprint density at radius 3 is 1.33 bits per heavy atom. The molecule has 0 saturated carbocycles. The minimum atomic E-state index is 0.0303. The summed E-state index contributed by atoms with van der Waals surface area (Å²) in [4.78, 5) is 24.2. The van der Waals surface area contributed by atoms with Gasteiger partial charge >= 0.3 is 0 Å². The van der Waals surface area contributed by atoms with E-state index in [1.807, 2.05) is 48.5 Å². The maximum absolute atomic E-state index is 12.1. The number of benzene rings is 2. The molecule has 33 heavy (non-hydrogen) atoms. The first kappa shape index (κ1) is 26.2. The number of carbonyl (C=O) groups excluding carboxylic acids is 2. The van der Waals surface area contributed by atoms with Gasteiger partial charge in [-0.2, -0.15) is 0 Å². The molecule has 0 atom stereocenters. The lowest BCUT2D eigenvalue weighted by Crippen LogP contribution is -2.11. The van der Waals surface area contributed by atoms with Gasteiger partial charge in [0, 0.05) is 24.2 Å². The second-order valence-corrected chi connectivity index (χ2v) is 8.11. The van der Waals surface area contributed by atoms with Gasteiger partial charge in [-0.1, -0.05) is 33.1 Å². The standard InChI is InChI=1S/C27H38N2O4/c1-3-20-32-24-16-12-22(13-17-24)28-26(30)10-8-6-5-7-9-11-27(31)29-23-14-18-25(19-15-23)33-21-4-2/h12-19H,3-11,20-21H2,1-2H3,(H,28,30)(H,29,31). The molecule has 0 fully saturated rings. The van der Waals surface area contributed by atoms with Crippen molar-refractivity contribution in [2.45, 2.75) is 71.6 Å². The number of unbranched alkanes of at least 4 members (excludes halogenated alkanes) is 4. The van der Waals surface area contributed by atoms with Crippen LogP contribution in [0.1, 0.15) is 71.6 Å². The molecule has 2 N–H and O–H groups in total. The van der Waals surface area contributed by atoms with Crippen molar-refractivity contribution in [3.05, 3.63) is 48.5 Å². The Kier molecular flexibility index (Phi) is 12.5. The molecule has 0 aliphatic rings. The van der Waals surface area contributed by atoms with E-state index in [0.717, 1.165) is 67.8 Å². The molecular formula is C27H38N2O4. The summed E-state index contributed by atoms with van der Waals surface area (Å²) in [6.07, 6.45) is 7.64. The molecule has 2 amide bonds. The lowest BCUT2D eigenvalue weighted by atomic mass is 10.1. The zero-order chi connectivity index (χ0) is 23.7. The summed E-state index contributed by atoms with van der Waals surface area (Å²) in [5.74, 6) is 1.70. The average molecular weight is 455 g/mol. The molecule has 6 heteroatoms. The SMILES string of the molecule is CCCOc1ccc(NC(=O)CCCCCCCC(=O)Nc2ccc(OCCC)cc2)cc1. The van der Waals surface area contributed by atoms with Gasteiger partial charge in [0.1, 0.15) is 11.5 Å². The van der Waals surface area contributed by atoms with Crippen LogP contribution < -0.4 is 20.1 Å². The molecule has 0 aliphatic heterocycles. The van der Waals surface area contributed by atoms with E-state index < -0.39 is 0 Å². The molecule has 2 rings (SSSR count). The highest BCUT2D eigenvalue weighted by molar-refractivity contribution is 5.91. The van der Waals surface area contributed by atoms with E-state index in [9.17, 15) is 9.59 Å². The Labute approximate surface area is 198 Å². The third kappa shape index (κ3) is 11.4. The van der Waals surface area contributed by atoms with Crippen molar-refractivity contribution in [3.63, 3.8) is 0 Å². The summed E-state index contributed by atoms with van der Waals surface area (Å²) < 4.78 is 11.1. The Hall–Kier alpha value is -3.02. The zero-order valence-corrected chi connectivity index (χ0v) is 20.0. The third-order valence-electron chi connectivity index (χ3n) is 5.03. The molecule has 6 nitrogen and oxygen atoms in total. The van der Waals surface area contributed by atoms with Crippen LogP contribution >= 0.6 is 0 Å². The maximum atomic E-state index is 12.1. The van der Waals surface area contributed by atoms with E-state index in [2.05, 4.69) is 24.5 Å². The molecule has 0 aromatic heterocycles. The minimum absolute atomic E-state index is 0.0303. The quantitative estimate of drug-likeness (QED) is 0.281. The lowest BCUT2D eigenvalue weighted by Gasteiger charge is -2.08. The summed E-state index contributed by atoms with van der Waals surface area (Å²) in [7, 11) is 0. The number of carbonyl (C=O) groups is 2. The van der Waals surface area contributed by atoms with Crippen molar-refractivity contribution >= 4 is 23.2 Å².